The Morgan fingerprint density at radius 2 is 2.05 bits per heavy atom. The first-order chi connectivity index (χ1) is 9.59. The van der Waals surface area contributed by atoms with Crippen LogP contribution in [0.4, 0.5) is 0 Å². The first-order valence-corrected chi connectivity index (χ1v) is 7.22. The normalized spacial score (nSPS) is 12.5. The highest BCUT2D eigenvalue weighted by Crippen LogP contribution is 2.30. The van der Waals surface area contributed by atoms with E-state index in [2.05, 4.69) is 16.4 Å². The third-order valence-electron chi connectivity index (χ3n) is 3.48. The van der Waals surface area contributed by atoms with Crippen LogP contribution >= 0.6 is 0 Å². The molecule has 1 atom stereocenters. The van der Waals surface area contributed by atoms with Gasteiger partial charge in [0.25, 0.3) is 0 Å². The van der Waals surface area contributed by atoms with Gasteiger partial charge in [0.2, 0.25) is 5.91 Å². The van der Waals surface area contributed by atoms with E-state index in [1.54, 1.807) is 6.20 Å². The monoisotopic (exact) mass is 273 g/mol. The molecule has 4 nitrogen and oxygen atoms in total. The molecule has 0 fully saturated rings. The van der Waals surface area contributed by atoms with E-state index in [-0.39, 0.29) is 11.9 Å². The Hall–Kier alpha value is -1.89. The van der Waals surface area contributed by atoms with Crippen molar-refractivity contribution in [3.63, 3.8) is 0 Å². The predicted molar refractivity (Wildman–Crippen MR) is 78.7 cm³/mol. The summed E-state index contributed by atoms with van der Waals surface area (Å²) >= 11 is 0. The summed E-state index contributed by atoms with van der Waals surface area (Å²) in [5, 5.41) is 12.4. The molecule has 0 saturated carbocycles. The van der Waals surface area contributed by atoms with Crippen LogP contribution in [0.15, 0.2) is 24.4 Å². The van der Waals surface area contributed by atoms with Gasteiger partial charge < -0.3 is 5.32 Å². The molecule has 1 N–H and O–H groups in total. The van der Waals surface area contributed by atoms with E-state index in [1.165, 1.54) is 0 Å². The average Bonchev–Trinajstić information content (AvgIpc) is 2.47. The molecule has 0 radical (unpaired) electrons. The largest absolute Gasteiger partial charge is 0.347 e. The number of carbonyl (C=O) groups is 1. The van der Waals surface area contributed by atoms with E-state index in [0.717, 1.165) is 18.5 Å². The molecule has 0 aromatic carbocycles. The van der Waals surface area contributed by atoms with Gasteiger partial charge in [0, 0.05) is 6.20 Å². The second-order valence-electron chi connectivity index (χ2n) is 5.14. The molecule has 1 rings (SSSR count). The van der Waals surface area contributed by atoms with Gasteiger partial charge in [-0.05, 0) is 31.9 Å². The topological polar surface area (TPSA) is 65.8 Å². The van der Waals surface area contributed by atoms with Crippen LogP contribution in [0.25, 0.3) is 0 Å². The zero-order valence-electron chi connectivity index (χ0n) is 12.5. The smallest absolute Gasteiger partial charge is 0.241 e. The Bertz CT molecular complexity index is 458. The SMILES string of the molecule is CCCC(C#N)(CCC)C(=O)NC(C)c1ccccn1. The second-order valence-corrected chi connectivity index (χ2v) is 5.14. The molecule has 1 aromatic rings. The summed E-state index contributed by atoms with van der Waals surface area (Å²) in [7, 11) is 0. The number of aromatic nitrogens is 1. The Morgan fingerprint density at radius 1 is 1.40 bits per heavy atom. The Balaban J connectivity index is 2.84. The number of hydrogen-bond donors (Lipinski definition) is 1. The highest BCUT2D eigenvalue weighted by atomic mass is 16.2. The van der Waals surface area contributed by atoms with Crippen LogP contribution in [0.1, 0.15) is 58.2 Å². The fourth-order valence-corrected chi connectivity index (χ4v) is 2.41. The third-order valence-corrected chi connectivity index (χ3v) is 3.48. The molecule has 0 saturated heterocycles. The molecular formula is C16H23N3O. The summed E-state index contributed by atoms with van der Waals surface area (Å²) in [6.45, 7) is 5.88. The van der Waals surface area contributed by atoms with E-state index >= 15 is 0 Å². The number of rotatable bonds is 7. The summed E-state index contributed by atoms with van der Waals surface area (Å²) in [4.78, 5) is 16.7. The van der Waals surface area contributed by atoms with Gasteiger partial charge in [-0.15, -0.1) is 0 Å². The Morgan fingerprint density at radius 3 is 2.50 bits per heavy atom. The molecular weight excluding hydrogens is 250 g/mol. The molecule has 1 unspecified atom stereocenters. The summed E-state index contributed by atoms with van der Waals surface area (Å²) in [5.41, 5.74) is -0.104. The van der Waals surface area contributed by atoms with E-state index in [9.17, 15) is 10.1 Å². The second kappa shape index (κ2) is 7.64. The highest BCUT2D eigenvalue weighted by Gasteiger charge is 2.37. The zero-order valence-corrected chi connectivity index (χ0v) is 12.5. The van der Waals surface area contributed by atoms with E-state index in [1.807, 2.05) is 39.0 Å². The molecule has 0 aliphatic heterocycles. The lowest BCUT2D eigenvalue weighted by Gasteiger charge is -2.26. The maximum Gasteiger partial charge on any atom is 0.241 e. The number of nitrogens with zero attached hydrogens (tertiary/aromatic N) is 2. The highest BCUT2D eigenvalue weighted by molar-refractivity contribution is 5.85. The summed E-state index contributed by atoms with van der Waals surface area (Å²) in [6, 6.07) is 7.65. The van der Waals surface area contributed by atoms with E-state index in [4.69, 9.17) is 0 Å². The minimum Gasteiger partial charge on any atom is -0.347 e. The average molecular weight is 273 g/mol. The van der Waals surface area contributed by atoms with Crippen LogP contribution in [0, 0.1) is 16.7 Å². The van der Waals surface area contributed by atoms with E-state index < -0.39 is 5.41 Å². The molecule has 1 heterocycles. The van der Waals surface area contributed by atoms with Gasteiger partial charge in [-0.1, -0.05) is 32.8 Å². The molecule has 0 spiro atoms. The van der Waals surface area contributed by atoms with Crippen molar-refractivity contribution in [1.29, 1.82) is 5.26 Å². The number of hydrogen-bond acceptors (Lipinski definition) is 3. The molecule has 0 aliphatic carbocycles. The van der Waals surface area contributed by atoms with Crippen molar-refractivity contribution in [1.82, 2.24) is 10.3 Å². The summed E-state index contributed by atoms with van der Waals surface area (Å²) in [5.74, 6) is -0.179. The number of nitrogens with one attached hydrogen (secondary N) is 1. The molecule has 1 aromatic heterocycles. The van der Waals surface area contributed by atoms with Crippen molar-refractivity contribution in [2.45, 2.75) is 52.5 Å². The van der Waals surface area contributed by atoms with Gasteiger partial charge in [0.1, 0.15) is 5.41 Å². The van der Waals surface area contributed by atoms with Gasteiger partial charge in [-0.25, -0.2) is 0 Å². The fraction of sp³-hybridized carbons (Fsp3) is 0.562. The van der Waals surface area contributed by atoms with Gasteiger partial charge in [0.05, 0.1) is 17.8 Å². The molecule has 1 amide bonds. The van der Waals surface area contributed by atoms with E-state index in [0.29, 0.717) is 12.8 Å². The molecule has 0 aliphatic rings. The van der Waals surface area contributed by atoms with Gasteiger partial charge in [0.15, 0.2) is 0 Å². The lowest BCUT2D eigenvalue weighted by Crippen LogP contribution is -2.41. The van der Waals surface area contributed by atoms with Crippen molar-refractivity contribution in [3.05, 3.63) is 30.1 Å². The van der Waals surface area contributed by atoms with Gasteiger partial charge in [-0.2, -0.15) is 5.26 Å². The Kier molecular flexibility index (Phi) is 6.17. The number of carbonyl (C=O) groups excluding carboxylic acids is 1. The van der Waals surface area contributed by atoms with Crippen molar-refractivity contribution in [3.8, 4) is 6.07 Å². The minimum atomic E-state index is -0.910. The fourth-order valence-electron chi connectivity index (χ4n) is 2.41. The molecule has 0 bridgehead atoms. The molecule has 108 valence electrons. The number of pyridine rings is 1. The van der Waals surface area contributed by atoms with Crippen LogP contribution in [-0.4, -0.2) is 10.9 Å². The van der Waals surface area contributed by atoms with Crippen LogP contribution < -0.4 is 5.32 Å². The zero-order chi connectivity index (χ0) is 15.0. The van der Waals surface area contributed by atoms with Gasteiger partial charge >= 0.3 is 0 Å². The standard InChI is InChI=1S/C16H23N3O/c1-4-9-16(12-17,10-5-2)15(20)19-13(3)14-8-6-7-11-18-14/h6-8,11,13H,4-5,9-10H2,1-3H3,(H,19,20). The molecule has 20 heavy (non-hydrogen) atoms. The number of amides is 1. The van der Waals surface area contributed by atoms with Crippen molar-refractivity contribution >= 4 is 5.91 Å². The maximum absolute atomic E-state index is 12.5. The summed E-state index contributed by atoms with van der Waals surface area (Å²) < 4.78 is 0. The lowest BCUT2D eigenvalue weighted by atomic mass is 9.79. The van der Waals surface area contributed by atoms with Crippen LogP contribution in [0.5, 0.6) is 0 Å². The predicted octanol–water partition coefficient (Wildman–Crippen LogP) is 3.37. The first kappa shape index (κ1) is 16.2. The van der Waals surface area contributed by atoms with Gasteiger partial charge in [-0.3, -0.25) is 9.78 Å². The first-order valence-electron chi connectivity index (χ1n) is 7.22. The van der Waals surface area contributed by atoms with Crippen molar-refractivity contribution in [2.75, 3.05) is 0 Å². The minimum absolute atomic E-state index is 0.179. The summed E-state index contributed by atoms with van der Waals surface area (Å²) in [6.07, 6.45) is 4.53. The van der Waals surface area contributed by atoms with Crippen molar-refractivity contribution < 1.29 is 4.79 Å². The number of nitriles is 1. The van der Waals surface area contributed by atoms with Crippen LogP contribution in [-0.2, 0) is 4.79 Å². The van der Waals surface area contributed by atoms with Crippen molar-refractivity contribution in [2.24, 2.45) is 5.41 Å². The molecule has 4 heteroatoms. The third kappa shape index (κ3) is 3.80. The van der Waals surface area contributed by atoms with Crippen LogP contribution in [0.3, 0.4) is 0 Å². The van der Waals surface area contributed by atoms with Crippen LogP contribution in [0.2, 0.25) is 0 Å². The maximum atomic E-state index is 12.5. The lowest BCUT2D eigenvalue weighted by molar-refractivity contribution is -0.129. The Labute approximate surface area is 121 Å². The quantitative estimate of drug-likeness (QED) is 0.828.